The molecule has 1 aliphatic heterocycles. The van der Waals surface area contributed by atoms with E-state index >= 15 is 0 Å². The second-order valence-corrected chi connectivity index (χ2v) is 5.31. The molecule has 0 bridgehead atoms. The Balaban J connectivity index is 1.89. The molecule has 110 valence electrons. The van der Waals surface area contributed by atoms with Gasteiger partial charge in [-0.2, -0.15) is 0 Å². The van der Waals surface area contributed by atoms with Gasteiger partial charge in [0.05, 0.1) is 19.1 Å². The molecule has 1 saturated heterocycles. The summed E-state index contributed by atoms with van der Waals surface area (Å²) in [5, 5.41) is 18.1. The summed E-state index contributed by atoms with van der Waals surface area (Å²) >= 11 is 0. The van der Waals surface area contributed by atoms with E-state index in [2.05, 4.69) is 11.8 Å². The summed E-state index contributed by atoms with van der Waals surface area (Å²) < 4.78 is 5.48. The minimum absolute atomic E-state index is 0.0580. The number of hydrogen-bond acceptors (Lipinski definition) is 4. The van der Waals surface area contributed by atoms with Gasteiger partial charge in [0.2, 0.25) is 0 Å². The highest BCUT2D eigenvalue weighted by Crippen LogP contribution is 2.16. The fourth-order valence-corrected chi connectivity index (χ4v) is 2.56. The Morgan fingerprint density at radius 1 is 1.45 bits per heavy atom. The molecule has 1 heterocycles. The van der Waals surface area contributed by atoms with Crippen LogP contribution < -0.4 is 0 Å². The maximum atomic E-state index is 10.7. The van der Waals surface area contributed by atoms with E-state index in [1.54, 1.807) is 12.1 Å². The summed E-state index contributed by atoms with van der Waals surface area (Å²) in [6, 6.07) is 7.53. The molecule has 0 amide bonds. The van der Waals surface area contributed by atoms with Crippen molar-refractivity contribution in [2.45, 2.75) is 31.9 Å². The molecule has 0 aliphatic carbocycles. The van der Waals surface area contributed by atoms with Crippen molar-refractivity contribution < 1.29 is 19.7 Å². The minimum Gasteiger partial charge on any atom is -0.508 e. The van der Waals surface area contributed by atoms with Crippen molar-refractivity contribution in [1.29, 1.82) is 0 Å². The van der Waals surface area contributed by atoms with Crippen molar-refractivity contribution in [3.63, 3.8) is 0 Å². The smallest absolute Gasteiger partial charge is 0.306 e. The van der Waals surface area contributed by atoms with E-state index in [1.807, 2.05) is 12.1 Å². The van der Waals surface area contributed by atoms with E-state index < -0.39 is 5.97 Å². The van der Waals surface area contributed by atoms with Crippen LogP contribution in [0, 0.1) is 0 Å². The van der Waals surface area contributed by atoms with Crippen LogP contribution in [0.1, 0.15) is 18.9 Å². The first-order valence-corrected chi connectivity index (χ1v) is 6.90. The lowest BCUT2D eigenvalue weighted by atomic mass is 10.0. The summed E-state index contributed by atoms with van der Waals surface area (Å²) in [4.78, 5) is 13.0. The topological polar surface area (TPSA) is 70.0 Å². The van der Waals surface area contributed by atoms with E-state index in [4.69, 9.17) is 9.84 Å². The predicted molar refractivity (Wildman–Crippen MR) is 74.8 cm³/mol. The molecular formula is C15H21NO4. The Morgan fingerprint density at radius 2 is 2.15 bits per heavy atom. The summed E-state index contributed by atoms with van der Waals surface area (Å²) in [5.74, 6) is -0.544. The summed E-state index contributed by atoms with van der Waals surface area (Å²) in [7, 11) is 0. The van der Waals surface area contributed by atoms with Gasteiger partial charge in [-0.15, -0.1) is 0 Å². The van der Waals surface area contributed by atoms with Crippen LogP contribution in [0.4, 0.5) is 0 Å². The Morgan fingerprint density at radius 3 is 2.80 bits per heavy atom. The molecule has 2 rings (SSSR count). The Labute approximate surface area is 118 Å². The van der Waals surface area contributed by atoms with Gasteiger partial charge in [-0.25, -0.2) is 0 Å². The Hall–Kier alpha value is -1.59. The highest BCUT2D eigenvalue weighted by atomic mass is 16.5. The van der Waals surface area contributed by atoms with Gasteiger partial charge in [-0.3, -0.25) is 9.69 Å². The van der Waals surface area contributed by atoms with E-state index in [9.17, 15) is 9.90 Å². The first-order chi connectivity index (χ1) is 9.54. The fourth-order valence-electron chi connectivity index (χ4n) is 2.56. The molecule has 1 aromatic rings. The number of aromatic hydroxyl groups is 1. The van der Waals surface area contributed by atoms with Crippen LogP contribution in [0.5, 0.6) is 5.75 Å². The van der Waals surface area contributed by atoms with Crippen LogP contribution in [-0.2, 0) is 16.0 Å². The van der Waals surface area contributed by atoms with Crippen LogP contribution in [0.3, 0.4) is 0 Å². The van der Waals surface area contributed by atoms with Crippen LogP contribution in [0.25, 0.3) is 0 Å². The first kappa shape index (κ1) is 14.8. The fraction of sp³-hybridized carbons (Fsp3) is 0.533. The SMILES string of the molecule is CC(Cc1ccc(O)cc1)N1CCOC(CC(=O)O)C1. The lowest BCUT2D eigenvalue weighted by molar-refractivity contribution is -0.142. The number of carboxylic acid groups (broad SMARTS) is 1. The standard InChI is InChI=1S/C15H21NO4/c1-11(8-12-2-4-13(17)5-3-12)16-6-7-20-14(10-16)9-15(18)19/h2-5,11,14,17H,6-10H2,1H3,(H,18,19). The average Bonchev–Trinajstić information content (AvgIpc) is 2.41. The number of ether oxygens (including phenoxy) is 1. The lowest BCUT2D eigenvalue weighted by Crippen LogP contribution is -2.47. The van der Waals surface area contributed by atoms with Gasteiger partial charge >= 0.3 is 5.97 Å². The molecule has 20 heavy (non-hydrogen) atoms. The van der Waals surface area contributed by atoms with Gasteiger partial charge in [0.15, 0.2) is 0 Å². The molecule has 2 N–H and O–H groups in total. The zero-order valence-corrected chi connectivity index (χ0v) is 11.7. The van der Waals surface area contributed by atoms with E-state index in [0.717, 1.165) is 18.5 Å². The number of morpholine rings is 1. The van der Waals surface area contributed by atoms with Crippen LogP contribution in [-0.4, -0.2) is 52.9 Å². The van der Waals surface area contributed by atoms with Gasteiger partial charge in [0.1, 0.15) is 5.75 Å². The van der Waals surface area contributed by atoms with E-state index in [0.29, 0.717) is 19.2 Å². The summed E-state index contributed by atoms with van der Waals surface area (Å²) in [6.45, 7) is 4.20. The van der Waals surface area contributed by atoms with Gasteiger partial charge < -0.3 is 14.9 Å². The first-order valence-electron chi connectivity index (χ1n) is 6.90. The van der Waals surface area contributed by atoms with Gasteiger partial charge in [-0.1, -0.05) is 12.1 Å². The number of phenolic OH excluding ortho intramolecular Hbond substituents is 1. The maximum Gasteiger partial charge on any atom is 0.306 e. The predicted octanol–water partition coefficient (Wildman–Crippen LogP) is 1.50. The lowest BCUT2D eigenvalue weighted by Gasteiger charge is -2.36. The van der Waals surface area contributed by atoms with Crippen molar-refractivity contribution in [3.8, 4) is 5.75 Å². The number of benzene rings is 1. The van der Waals surface area contributed by atoms with Crippen molar-refractivity contribution in [2.75, 3.05) is 19.7 Å². The normalized spacial score (nSPS) is 21.6. The number of rotatable bonds is 5. The third-order valence-electron chi connectivity index (χ3n) is 3.66. The molecule has 1 aliphatic rings. The quantitative estimate of drug-likeness (QED) is 0.854. The Kier molecular flexibility index (Phi) is 4.98. The van der Waals surface area contributed by atoms with Gasteiger partial charge in [-0.05, 0) is 31.0 Å². The molecule has 0 saturated carbocycles. The number of nitrogens with zero attached hydrogens (tertiary/aromatic N) is 1. The molecule has 0 spiro atoms. The molecule has 2 atom stereocenters. The zero-order valence-electron chi connectivity index (χ0n) is 11.7. The minimum atomic E-state index is -0.817. The van der Waals surface area contributed by atoms with E-state index in [-0.39, 0.29) is 18.3 Å². The number of aliphatic carboxylic acids is 1. The number of carboxylic acids is 1. The third-order valence-corrected chi connectivity index (χ3v) is 3.66. The number of carbonyl (C=O) groups is 1. The van der Waals surface area contributed by atoms with Crippen molar-refractivity contribution in [3.05, 3.63) is 29.8 Å². The van der Waals surface area contributed by atoms with Gasteiger partial charge in [0.25, 0.3) is 0 Å². The molecule has 2 unspecified atom stereocenters. The largest absolute Gasteiger partial charge is 0.508 e. The molecule has 0 aromatic heterocycles. The summed E-state index contributed by atoms with van der Waals surface area (Å²) in [6.07, 6.45) is 0.714. The molecular weight excluding hydrogens is 258 g/mol. The average molecular weight is 279 g/mol. The van der Waals surface area contributed by atoms with Crippen molar-refractivity contribution in [1.82, 2.24) is 4.90 Å². The van der Waals surface area contributed by atoms with Crippen LogP contribution in [0.15, 0.2) is 24.3 Å². The second-order valence-electron chi connectivity index (χ2n) is 5.31. The number of phenols is 1. The number of hydrogen-bond donors (Lipinski definition) is 2. The second kappa shape index (κ2) is 6.72. The highest BCUT2D eigenvalue weighted by molar-refractivity contribution is 5.67. The van der Waals surface area contributed by atoms with Gasteiger partial charge in [0, 0.05) is 19.1 Å². The van der Waals surface area contributed by atoms with Crippen LogP contribution >= 0.6 is 0 Å². The van der Waals surface area contributed by atoms with E-state index in [1.165, 1.54) is 0 Å². The van der Waals surface area contributed by atoms with Crippen molar-refractivity contribution in [2.24, 2.45) is 0 Å². The molecule has 5 heteroatoms. The molecule has 0 radical (unpaired) electrons. The molecule has 5 nitrogen and oxygen atoms in total. The monoisotopic (exact) mass is 279 g/mol. The third kappa shape index (κ3) is 4.21. The van der Waals surface area contributed by atoms with Crippen LogP contribution in [0.2, 0.25) is 0 Å². The van der Waals surface area contributed by atoms with Crippen molar-refractivity contribution >= 4 is 5.97 Å². The highest BCUT2D eigenvalue weighted by Gasteiger charge is 2.25. The summed E-state index contributed by atoms with van der Waals surface area (Å²) in [5.41, 5.74) is 1.16. The molecule has 1 aromatic carbocycles. The molecule has 1 fully saturated rings. The Bertz CT molecular complexity index is 446. The maximum absolute atomic E-state index is 10.7. The zero-order chi connectivity index (χ0) is 14.5.